The highest BCUT2D eigenvalue weighted by Crippen LogP contribution is 2.26. The Kier molecular flexibility index (Phi) is 2.85. The molecular formula is C14H16FNO. The zero-order valence-corrected chi connectivity index (χ0v) is 9.71. The van der Waals surface area contributed by atoms with Gasteiger partial charge >= 0.3 is 0 Å². The fraction of sp³-hybridized carbons (Fsp3) is 0.429. The normalized spacial score (nSPS) is 20.9. The average molecular weight is 233 g/mol. The van der Waals surface area contributed by atoms with E-state index in [1.165, 1.54) is 12.8 Å². The second kappa shape index (κ2) is 4.49. The summed E-state index contributed by atoms with van der Waals surface area (Å²) in [6.45, 7) is 2.07. The van der Waals surface area contributed by atoms with Crippen molar-refractivity contribution in [3.63, 3.8) is 0 Å². The number of nitrogens with one attached hydrogen (secondary N) is 1. The van der Waals surface area contributed by atoms with Crippen molar-refractivity contribution in [1.29, 1.82) is 0 Å². The highest BCUT2D eigenvalue weighted by Gasteiger charge is 2.18. The zero-order valence-electron chi connectivity index (χ0n) is 9.71. The first kappa shape index (κ1) is 10.8. The first-order chi connectivity index (χ1) is 8.34. The van der Waals surface area contributed by atoms with Crippen LogP contribution in [0.4, 0.5) is 4.39 Å². The number of hydrogen-bond acceptors (Lipinski definition) is 2. The lowest BCUT2D eigenvalue weighted by Gasteiger charge is -2.22. The smallest absolute Gasteiger partial charge is 0.139 e. The first-order valence-electron chi connectivity index (χ1n) is 6.20. The summed E-state index contributed by atoms with van der Waals surface area (Å²) >= 11 is 0. The summed E-state index contributed by atoms with van der Waals surface area (Å²) in [6.07, 6.45) is 4.75. The van der Waals surface area contributed by atoms with E-state index in [1.54, 1.807) is 18.4 Å². The van der Waals surface area contributed by atoms with E-state index < -0.39 is 0 Å². The Morgan fingerprint density at radius 3 is 3.12 bits per heavy atom. The molecule has 0 saturated carbocycles. The fourth-order valence-electron chi connectivity index (χ4n) is 2.64. The van der Waals surface area contributed by atoms with Crippen LogP contribution >= 0.6 is 0 Å². The Labute approximate surface area is 99.8 Å². The van der Waals surface area contributed by atoms with E-state index in [0.29, 0.717) is 5.92 Å². The van der Waals surface area contributed by atoms with Gasteiger partial charge in [0.05, 0.1) is 6.26 Å². The van der Waals surface area contributed by atoms with Gasteiger partial charge in [-0.25, -0.2) is 4.39 Å². The monoisotopic (exact) mass is 233 g/mol. The molecule has 1 unspecified atom stereocenters. The molecule has 0 aliphatic carbocycles. The van der Waals surface area contributed by atoms with Gasteiger partial charge in [-0.15, -0.1) is 0 Å². The average Bonchev–Trinajstić information content (AvgIpc) is 2.83. The van der Waals surface area contributed by atoms with Crippen molar-refractivity contribution in [3.8, 4) is 0 Å². The number of benzene rings is 1. The van der Waals surface area contributed by atoms with Gasteiger partial charge in [-0.3, -0.25) is 0 Å². The third-order valence-electron chi connectivity index (χ3n) is 3.56. The molecule has 0 spiro atoms. The van der Waals surface area contributed by atoms with Crippen molar-refractivity contribution < 1.29 is 8.81 Å². The van der Waals surface area contributed by atoms with Crippen LogP contribution in [0.15, 0.2) is 28.9 Å². The highest BCUT2D eigenvalue weighted by molar-refractivity contribution is 5.80. The summed E-state index contributed by atoms with van der Waals surface area (Å²) in [6, 6.07) is 5.21. The standard InChI is InChI=1S/C14H16FNO/c15-13-4-3-11-5-7-17-14(11)12(13)8-10-2-1-6-16-9-10/h3-5,7,10,16H,1-2,6,8-9H2. The maximum Gasteiger partial charge on any atom is 0.139 e. The molecular weight excluding hydrogens is 217 g/mol. The minimum atomic E-state index is -0.141. The highest BCUT2D eigenvalue weighted by atomic mass is 19.1. The van der Waals surface area contributed by atoms with Crippen molar-refractivity contribution in [1.82, 2.24) is 5.32 Å². The maximum absolute atomic E-state index is 13.9. The molecule has 90 valence electrons. The van der Waals surface area contributed by atoms with E-state index >= 15 is 0 Å². The minimum Gasteiger partial charge on any atom is -0.464 e. The number of rotatable bonds is 2. The van der Waals surface area contributed by atoms with Crippen LogP contribution in [-0.2, 0) is 6.42 Å². The van der Waals surface area contributed by atoms with Crippen molar-refractivity contribution in [3.05, 3.63) is 35.8 Å². The summed E-state index contributed by atoms with van der Waals surface area (Å²) in [7, 11) is 0. The van der Waals surface area contributed by atoms with Gasteiger partial charge in [0.25, 0.3) is 0 Å². The molecule has 1 fully saturated rings. The predicted molar refractivity (Wildman–Crippen MR) is 65.5 cm³/mol. The molecule has 1 aliphatic rings. The second-order valence-corrected chi connectivity index (χ2v) is 4.78. The molecule has 3 rings (SSSR count). The lowest BCUT2D eigenvalue weighted by molar-refractivity contribution is 0.371. The van der Waals surface area contributed by atoms with Crippen LogP contribution in [0.2, 0.25) is 0 Å². The summed E-state index contributed by atoms with van der Waals surface area (Å²) in [4.78, 5) is 0. The van der Waals surface area contributed by atoms with E-state index in [4.69, 9.17) is 4.42 Å². The van der Waals surface area contributed by atoms with Gasteiger partial charge < -0.3 is 9.73 Å². The van der Waals surface area contributed by atoms with Crippen LogP contribution in [0.3, 0.4) is 0 Å². The van der Waals surface area contributed by atoms with Crippen molar-refractivity contribution in [2.75, 3.05) is 13.1 Å². The molecule has 1 aromatic heterocycles. The van der Waals surface area contributed by atoms with Gasteiger partial charge in [-0.05, 0) is 56.5 Å². The number of fused-ring (bicyclic) bond motifs is 1. The molecule has 1 aromatic carbocycles. The van der Waals surface area contributed by atoms with Crippen LogP contribution < -0.4 is 5.32 Å². The summed E-state index contributed by atoms with van der Waals surface area (Å²) in [5.41, 5.74) is 1.46. The summed E-state index contributed by atoms with van der Waals surface area (Å²) < 4.78 is 19.3. The van der Waals surface area contributed by atoms with E-state index in [9.17, 15) is 4.39 Å². The van der Waals surface area contributed by atoms with Crippen LogP contribution in [0, 0.1) is 11.7 Å². The van der Waals surface area contributed by atoms with Crippen LogP contribution in [-0.4, -0.2) is 13.1 Å². The molecule has 0 radical (unpaired) electrons. The minimum absolute atomic E-state index is 0.141. The Morgan fingerprint density at radius 2 is 2.29 bits per heavy atom. The maximum atomic E-state index is 13.9. The summed E-state index contributed by atoms with van der Waals surface area (Å²) in [5.74, 6) is 0.381. The summed E-state index contributed by atoms with van der Waals surface area (Å²) in [5, 5.41) is 4.35. The fourth-order valence-corrected chi connectivity index (χ4v) is 2.64. The lowest BCUT2D eigenvalue weighted by Crippen LogP contribution is -2.31. The Hall–Kier alpha value is -1.35. The SMILES string of the molecule is Fc1ccc2ccoc2c1CC1CCCNC1. The van der Waals surface area contributed by atoms with E-state index in [2.05, 4.69) is 5.32 Å². The Balaban J connectivity index is 1.92. The molecule has 3 heteroatoms. The van der Waals surface area contributed by atoms with E-state index in [-0.39, 0.29) is 5.82 Å². The van der Waals surface area contributed by atoms with Gasteiger partial charge in [-0.1, -0.05) is 0 Å². The lowest BCUT2D eigenvalue weighted by atomic mass is 9.91. The molecule has 0 amide bonds. The van der Waals surface area contributed by atoms with Crippen LogP contribution in [0.5, 0.6) is 0 Å². The first-order valence-corrected chi connectivity index (χ1v) is 6.20. The largest absolute Gasteiger partial charge is 0.464 e. The number of hydrogen-bond donors (Lipinski definition) is 1. The number of furan rings is 1. The van der Waals surface area contributed by atoms with Crippen molar-refractivity contribution in [2.45, 2.75) is 19.3 Å². The zero-order chi connectivity index (χ0) is 11.7. The second-order valence-electron chi connectivity index (χ2n) is 4.78. The van der Waals surface area contributed by atoms with Gasteiger partial charge in [0.1, 0.15) is 11.4 Å². The third-order valence-corrected chi connectivity index (χ3v) is 3.56. The van der Waals surface area contributed by atoms with Gasteiger partial charge in [-0.2, -0.15) is 0 Å². The topological polar surface area (TPSA) is 25.2 Å². The van der Waals surface area contributed by atoms with Crippen LogP contribution in [0.1, 0.15) is 18.4 Å². The Morgan fingerprint density at radius 1 is 1.35 bits per heavy atom. The van der Waals surface area contributed by atoms with Gasteiger partial charge in [0.2, 0.25) is 0 Å². The predicted octanol–water partition coefficient (Wildman–Crippen LogP) is 3.11. The van der Waals surface area contributed by atoms with E-state index in [1.807, 2.05) is 6.07 Å². The molecule has 17 heavy (non-hydrogen) atoms. The molecule has 0 bridgehead atoms. The van der Waals surface area contributed by atoms with Gasteiger partial charge in [0, 0.05) is 10.9 Å². The molecule has 1 saturated heterocycles. The van der Waals surface area contributed by atoms with E-state index in [0.717, 1.165) is 36.0 Å². The quantitative estimate of drug-likeness (QED) is 0.862. The Bertz CT molecular complexity index is 514. The molecule has 2 nitrogen and oxygen atoms in total. The third kappa shape index (κ3) is 2.07. The van der Waals surface area contributed by atoms with Crippen molar-refractivity contribution >= 4 is 11.0 Å². The molecule has 1 atom stereocenters. The van der Waals surface area contributed by atoms with Gasteiger partial charge in [0.15, 0.2) is 0 Å². The molecule has 1 N–H and O–H groups in total. The molecule has 2 heterocycles. The van der Waals surface area contributed by atoms with Crippen molar-refractivity contribution in [2.24, 2.45) is 5.92 Å². The van der Waals surface area contributed by atoms with Crippen LogP contribution in [0.25, 0.3) is 11.0 Å². The molecule has 2 aromatic rings. The number of piperidine rings is 1. The number of halogens is 1. The molecule has 1 aliphatic heterocycles.